The number of ether oxygens (including phenoxy) is 1. The quantitative estimate of drug-likeness (QED) is 0.756. The number of amides is 3. The van der Waals surface area contributed by atoms with E-state index in [2.05, 4.69) is 11.9 Å². The summed E-state index contributed by atoms with van der Waals surface area (Å²) in [4.78, 5) is 33.6. The number of nitrogens with zero attached hydrogens (tertiary/aromatic N) is 4. The van der Waals surface area contributed by atoms with Crippen LogP contribution in [0.1, 0.15) is 32.1 Å². The van der Waals surface area contributed by atoms with Crippen molar-refractivity contribution in [3.8, 4) is 0 Å². The van der Waals surface area contributed by atoms with Gasteiger partial charge in [0.1, 0.15) is 0 Å². The van der Waals surface area contributed by atoms with Crippen LogP contribution in [0.4, 0.5) is 4.79 Å². The Balaban J connectivity index is 1.67. The smallest absolute Gasteiger partial charge is 0.320 e. The predicted octanol–water partition coefficient (Wildman–Crippen LogP) is 0.847. The van der Waals surface area contributed by atoms with E-state index >= 15 is 0 Å². The highest BCUT2D eigenvalue weighted by Gasteiger charge is 2.44. The Hall–Kier alpha value is -1.34. The third-order valence-corrected chi connectivity index (χ3v) is 6.22. The van der Waals surface area contributed by atoms with Crippen LogP contribution in [-0.2, 0) is 9.53 Å². The lowest BCUT2D eigenvalue weighted by atomic mass is 9.86. The zero-order chi connectivity index (χ0) is 17.9. The summed E-state index contributed by atoms with van der Waals surface area (Å²) in [5.74, 6) is 0.213. The van der Waals surface area contributed by atoms with Gasteiger partial charge in [0.2, 0.25) is 5.91 Å². The molecule has 0 radical (unpaired) electrons. The number of carbonyl (C=O) groups is 2. The van der Waals surface area contributed by atoms with E-state index in [-0.39, 0.29) is 17.5 Å². The molecule has 0 aromatic carbocycles. The van der Waals surface area contributed by atoms with E-state index in [9.17, 15) is 9.59 Å². The third kappa shape index (κ3) is 3.92. The molecule has 0 unspecified atom stereocenters. The van der Waals surface area contributed by atoms with Crippen molar-refractivity contribution in [2.75, 3.05) is 66.6 Å². The number of likely N-dealkylation sites (N-methyl/N-ethyl adjacent to an activating group) is 1. The average Bonchev–Trinajstić information content (AvgIpc) is 3.10. The summed E-state index contributed by atoms with van der Waals surface area (Å²) >= 11 is 0. The minimum atomic E-state index is -0.0783. The summed E-state index contributed by atoms with van der Waals surface area (Å²) in [5, 5.41) is 0. The number of likely N-dealkylation sites (tertiary alicyclic amines) is 2. The molecular weight excluding hydrogens is 320 g/mol. The van der Waals surface area contributed by atoms with Gasteiger partial charge in [-0.3, -0.25) is 9.69 Å². The number of piperazine rings is 1. The molecule has 3 rings (SSSR count). The molecule has 142 valence electrons. The molecule has 0 aromatic rings. The van der Waals surface area contributed by atoms with Crippen LogP contribution in [0, 0.1) is 0 Å². The minimum Gasteiger partial charge on any atom is -0.383 e. The number of urea groups is 1. The van der Waals surface area contributed by atoms with Crippen LogP contribution in [0.2, 0.25) is 0 Å². The average molecular weight is 352 g/mol. The molecule has 3 aliphatic heterocycles. The highest BCUT2D eigenvalue weighted by Crippen LogP contribution is 2.32. The first-order chi connectivity index (χ1) is 12.1. The van der Waals surface area contributed by atoms with Crippen LogP contribution < -0.4 is 0 Å². The van der Waals surface area contributed by atoms with Crippen molar-refractivity contribution in [2.24, 2.45) is 0 Å². The summed E-state index contributed by atoms with van der Waals surface area (Å²) < 4.78 is 5.13. The SMILES string of the molecule is COCCN1CC[C@@]2(CCC1=O)CN(C(=O)N1CCCC1)CCN2C. The largest absolute Gasteiger partial charge is 0.383 e. The van der Waals surface area contributed by atoms with Crippen LogP contribution >= 0.6 is 0 Å². The van der Waals surface area contributed by atoms with Gasteiger partial charge in [0.05, 0.1) is 6.61 Å². The lowest BCUT2D eigenvalue weighted by molar-refractivity contribution is -0.131. The van der Waals surface area contributed by atoms with E-state index in [1.165, 1.54) is 0 Å². The first-order valence-corrected chi connectivity index (χ1v) is 9.57. The Bertz CT molecular complexity index is 495. The van der Waals surface area contributed by atoms with Crippen molar-refractivity contribution < 1.29 is 14.3 Å². The Kier molecular flexibility index (Phi) is 5.84. The number of methoxy groups -OCH3 is 1. The van der Waals surface area contributed by atoms with Crippen LogP contribution in [0.15, 0.2) is 0 Å². The monoisotopic (exact) mass is 352 g/mol. The molecule has 3 saturated heterocycles. The molecule has 25 heavy (non-hydrogen) atoms. The maximum atomic E-state index is 12.8. The summed E-state index contributed by atoms with van der Waals surface area (Å²) in [7, 11) is 3.81. The zero-order valence-corrected chi connectivity index (χ0v) is 15.7. The molecule has 7 heteroatoms. The number of carbonyl (C=O) groups excluding carboxylic acids is 2. The van der Waals surface area contributed by atoms with Gasteiger partial charge >= 0.3 is 6.03 Å². The van der Waals surface area contributed by atoms with Crippen LogP contribution in [0.25, 0.3) is 0 Å². The zero-order valence-electron chi connectivity index (χ0n) is 15.7. The molecule has 1 spiro atoms. The molecule has 0 aromatic heterocycles. The number of rotatable bonds is 3. The van der Waals surface area contributed by atoms with E-state index in [0.717, 1.165) is 65.0 Å². The molecule has 7 nitrogen and oxygen atoms in total. The Morgan fingerprint density at radius 1 is 1.08 bits per heavy atom. The minimum absolute atomic E-state index is 0.0783. The van der Waals surface area contributed by atoms with Gasteiger partial charge in [-0.25, -0.2) is 4.79 Å². The second-order valence-electron chi connectivity index (χ2n) is 7.67. The predicted molar refractivity (Wildman–Crippen MR) is 95.4 cm³/mol. The topological polar surface area (TPSA) is 56.3 Å². The van der Waals surface area contributed by atoms with Gasteiger partial charge in [0.15, 0.2) is 0 Å². The first kappa shape index (κ1) is 18.5. The molecule has 3 aliphatic rings. The highest BCUT2D eigenvalue weighted by atomic mass is 16.5. The van der Waals surface area contributed by atoms with Crippen LogP contribution in [-0.4, -0.2) is 104 Å². The van der Waals surface area contributed by atoms with Crippen LogP contribution in [0.3, 0.4) is 0 Å². The van der Waals surface area contributed by atoms with Crippen molar-refractivity contribution in [2.45, 2.75) is 37.6 Å². The van der Waals surface area contributed by atoms with Crippen molar-refractivity contribution in [3.05, 3.63) is 0 Å². The molecule has 1 atom stereocenters. The molecular formula is C18H32N4O3. The van der Waals surface area contributed by atoms with Gasteiger partial charge < -0.3 is 19.4 Å². The van der Waals surface area contributed by atoms with Gasteiger partial charge in [0.25, 0.3) is 0 Å². The van der Waals surface area contributed by atoms with Gasteiger partial charge in [-0.15, -0.1) is 0 Å². The van der Waals surface area contributed by atoms with Gasteiger partial charge in [-0.2, -0.15) is 0 Å². The van der Waals surface area contributed by atoms with Crippen molar-refractivity contribution in [1.82, 2.24) is 19.6 Å². The Labute approximate surface area is 150 Å². The second-order valence-corrected chi connectivity index (χ2v) is 7.67. The van der Waals surface area contributed by atoms with Gasteiger partial charge in [-0.05, 0) is 32.7 Å². The standard InChI is InChI=1S/C18H32N4O3/c1-19-11-12-22(17(24)21-8-3-4-9-21)15-18(19)6-5-16(23)20(10-7-18)13-14-25-2/h3-15H2,1-2H3/t18-/m0/s1. The maximum Gasteiger partial charge on any atom is 0.320 e. The normalized spacial score (nSPS) is 28.7. The van der Waals surface area contributed by atoms with E-state index in [1.807, 2.05) is 14.7 Å². The van der Waals surface area contributed by atoms with E-state index in [1.54, 1.807) is 7.11 Å². The molecule has 0 bridgehead atoms. The van der Waals surface area contributed by atoms with Crippen molar-refractivity contribution in [3.63, 3.8) is 0 Å². The fourth-order valence-electron chi connectivity index (χ4n) is 4.40. The van der Waals surface area contributed by atoms with Gasteiger partial charge in [-0.1, -0.05) is 0 Å². The lowest BCUT2D eigenvalue weighted by Crippen LogP contribution is -2.63. The first-order valence-electron chi connectivity index (χ1n) is 9.57. The van der Waals surface area contributed by atoms with E-state index in [4.69, 9.17) is 4.74 Å². The Morgan fingerprint density at radius 2 is 1.84 bits per heavy atom. The molecule has 0 N–H and O–H groups in total. The van der Waals surface area contributed by atoms with Gasteiger partial charge in [0, 0.05) is 64.9 Å². The van der Waals surface area contributed by atoms with E-state index in [0.29, 0.717) is 19.6 Å². The fourth-order valence-corrected chi connectivity index (χ4v) is 4.40. The second kappa shape index (κ2) is 7.91. The van der Waals surface area contributed by atoms with Crippen LogP contribution in [0.5, 0.6) is 0 Å². The van der Waals surface area contributed by atoms with Crippen molar-refractivity contribution in [1.29, 1.82) is 0 Å². The molecule has 0 saturated carbocycles. The fraction of sp³-hybridized carbons (Fsp3) is 0.889. The highest BCUT2D eigenvalue weighted by molar-refractivity contribution is 5.77. The summed E-state index contributed by atoms with van der Waals surface area (Å²) in [6, 6.07) is 0.191. The van der Waals surface area contributed by atoms with E-state index < -0.39 is 0 Å². The molecule has 3 amide bonds. The maximum absolute atomic E-state index is 12.8. The van der Waals surface area contributed by atoms with Crippen molar-refractivity contribution >= 4 is 11.9 Å². The third-order valence-electron chi connectivity index (χ3n) is 6.22. The summed E-state index contributed by atoms with van der Waals surface area (Å²) in [6.45, 7) is 6.17. The lowest BCUT2D eigenvalue weighted by Gasteiger charge is -2.49. The molecule has 3 heterocycles. The summed E-state index contributed by atoms with van der Waals surface area (Å²) in [6.07, 6.45) is 4.54. The number of hydrogen-bond donors (Lipinski definition) is 0. The summed E-state index contributed by atoms with van der Waals surface area (Å²) in [5.41, 5.74) is -0.0783. The Morgan fingerprint density at radius 3 is 2.56 bits per heavy atom. The molecule has 0 aliphatic carbocycles. The molecule has 3 fully saturated rings. The number of hydrogen-bond acceptors (Lipinski definition) is 4.